The highest BCUT2D eigenvalue weighted by Crippen LogP contribution is 2.31. The van der Waals surface area contributed by atoms with Gasteiger partial charge in [0.1, 0.15) is 17.8 Å². The molecule has 1 fully saturated rings. The van der Waals surface area contributed by atoms with E-state index in [4.69, 9.17) is 0 Å². The van der Waals surface area contributed by atoms with Crippen molar-refractivity contribution in [3.8, 4) is 5.75 Å². The SMILES string of the molecule is CCCC(NC(=O)CN1C(=O)NC(C)(c2ccc(OC(F)(F)F)cc2)C1=O)c1ccccc1. The number of hydrogen-bond donors (Lipinski definition) is 2. The molecule has 2 N–H and O–H groups in total. The van der Waals surface area contributed by atoms with Crippen molar-refractivity contribution in [2.75, 3.05) is 6.54 Å². The topological polar surface area (TPSA) is 87.7 Å². The molecule has 2 unspecified atom stereocenters. The number of imide groups is 1. The summed E-state index contributed by atoms with van der Waals surface area (Å²) in [7, 11) is 0. The third-order valence-corrected chi connectivity index (χ3v) is 5.36. The second-order valence-electron chi connectivity index (χ2n) is 7.84. The van der Waals surface area contributed by atoms with Crippen LogP contribution in [-0.2, 0) is 15.1 Å². The van der Waals surface area contributed by atoms with Crippen molar-refractivity contribution in [2.24, 2.45) is 0 Å². The molecule has 2 aromatic carbocycles. The number of nitrogens with one attached hydrogen (secondary N) is 2. The molecule has 10 heteroatoms. The minimum atomic E-state index is -4.84. The van der Waals surface area contributed by atoms with Crippen LogP contribution in [0.15, 0.2) is 54.6 Å². The maximum Gasteiger partial charge on any atom is 0.573 e. The van der Waals surface area contributed by atoms with E-state index in [1.807, 2.05) is 37.3 Å². The number of alkyl halides is 3. The first-order valence-electron chi connectivity index (χ1n) is 10.4. The largest absolute Gasteiger partial charge is 0.573 e. The molecular weight excluding hydrogens is 439 g/mol. The first-order valence-corrected chi connectivity index (χ1v) is 10.4. The molecule has 4 amide bonds. The van der Waals surface area contributed by atoms with E-state index in [0.29, 0.717) is 6.42 Å². The molecule has 176 valence electrons. The van der Waals surface area contributed by atoms with Crippen LogP contribution in [0.5, 0.6) is 5.75 Å². The van der Waals surface area contributed by atoms with Gasteiger partial charge in [-0.1, -0.05) is 55.8 Å². The highest BCUT2D eigenvalue weighted by molar-refractivity contribution is 6.09. The molecule has 0 radical (unpaired) electrons. The molecule has 0 aliphatic carbocycles. The van der Waals surface area contributed by atoms with E-state index in [0.717, 1.165) is 29.0 Å². The van der Waals surface area contributed by atoms with Crippen LogP contribution in [0, 0.1) is 0 Å². The van der Waals surface area contributed by atoms with Gasteiger partial charge >= 0.3 is 12.4 Å². The summed E-state index contributed by atoms with van der Waals surface area (Å²) in [6.45, 7) is 2.92. The standard InChI is InChI=1S/C23H24F3N3O4/c1-3-7-18(15-8-5-4-6-9-15)27-19(30)14-29-20(31)22(2,28-21(29)32)16-10-12-17(13-11-16)33-23(24,25)26/h4-6,8-13,18H,3,7,14H2,1-2H3,(H,27,30)(H,28,32). The molecule has 0 bridgehead atoms. The van der Waals surface area contributed by atoms with Crippen molar-refractivity contribution >= 4 is 17.8 Å². The number of hydrogen-bond acceptors (Lipinski definition) is 4. The van der Waals surface area contributed by atoms with Gasteiger partial charge in [0.25, 0.3) is 5.91 Å². The highest BCUT2D eigenvalue weighted by atomic mass is 19.4. The number of benzene rings is 2. The Labute approximate surface area is 188 Å². The van der Waals surface area contributed by atoms with Gasteiger partial charge in [0.2, 0.25) is 5.91 Å². The normalized spacial score (nSPS) is 19.2. The first kappa shape index (κ1) is 24.1. The Morgan fingerprint density at radius 3 is 2.33 bits per heavy atom. The van der Waals surface area contributed by atoms with Crippen molar-refractivity contribution in [1.29, 1.82) is 0 Å². The van der Waals surface area contributed by atoms with Crippen LogP contribution in [0.3, 0.4) is 0 Å². The molecule has 7 nitrogen and oxygen atoms in total. The average molecular weight is 463 g/mol. The Kier molecular flexibility index (Phi) is 6.95. The van der Waals surface area contributed by atoms with Crippen LogP contribution in [0.4, 0.5) is 18.0 Å². The summed E-state index contributed by atoms with van der Waals surface area (Å²) in [6.07, 6.45) is -3.35. The van der Waals surface area contributed by atoms with Gasteiger partial charge in [-0.3, -0.25) is 14.5 Å². The summed E-state index contributed by atoms with van der Waals surface area (Å²) < 4.78 is 41.0. The van der Waals surface area contributed by atoms with Crippen LogP contribution in [0.2, 0.25) is 0 Å². The van der Waals surface area contributed by atoms with E-state index in [2.05, 4.69) is 15.4 Å². The van der Waals surface area contributed by atoms with Crippen molar-refractivity contribution in [3.63, 3.8) is 0 Å². The molecule has 2 atom stereocenters. The minimum Gasteiger partial charge on any atom is -0.406 e. The second kappa shape index (κ2) is 9.51. The maximum absolute atomic E-state index is 13.0. The molecule has 33 heavy (non-hydrogen) atoms. The van der Waals surface area contributed by atoms with Crippen LogP contribution in [0.1, 0.15) is 43.9 Å². The minimum absolute atomic E-state index is 0.256. The Morgan fingerprint density at radius 2 is 1.76 bits per heavy atom. The quantitative estimate of drug-likeness (QED) is 0.579. The first-order chi connectivity index (χ1) is 15.5. The molecule has 1 saturated heterocycles. The summed E-state index contributed by atoms with van der Waals surface area (Å²) >= 11 is 0. The lowest BCUT2D eigenvalue weighted by Gasteiger charge is -2.23. The highest BCUT2D eigenvalue weighted by Gasteiger charge is 2.49. The predicted octanol–water partition coefficient (Wildman–Crippen LogP) is 4.01. The third-order valence-electron chi connectivity index (χ3n) is 5.36. The van der Waals surface area contributed by atoms with Crippen molar-refractivity contribution < 1.29 is 32.3 Å². The molecular formula is C23H24F3N3O4. The molecule has 3 rings (SSSR count). The van der Waals surface area contributed by atoms with Gasteiger partial charge in [0.05, 0.1) is 6.04 Å². The predicted molar refractivity (Wildman–Crippen MR) is 113 cm³/mol. The molecule has 0 saturated carbocycles. The molecule has 2 aromatic rings. The zero-order chi connectivity index (χ0) is 24.2. The summed E-state index contributed by atoms with van der Waals surface area (Å²) in [5.74, 6) is -1.64. The van der Waals surface area contributed by atoms with Gasteiger partial charge in [-0.25, -0.2) is 4.79 Å². The number of rotatable bonds is 8. The molecule has 1 heterocycles. The van der Waals surface area contributed by atoms with Gasteiger partial charge < -0.3 is 15.4 Å². The third kappa shape index (κ3) is 5.63. The van der Waals surface area contributed by atoms with Crippen molar-refractivity contribution in [3.05, 3.63) is 65.7 Å². The second-order valence-corrected chi connectivity index (χ2v) is 7.84. The summed E-state index contributed by atoms with van der Waals surface area (Å²) in [5, 5.41) is 5.39. The zero-order valence-corrected chi connectivity index (χ0v) is 18.1. The van der Waals surface area contributed by atoms with Crippen LogP contribution in [0.25, 0.3) is 0 Å². The summed E-state index contributed by atoms with van der Waals surface area (Å²) in [6, 6.07) is 13.0. The molecule has 1 aliphatic rings. The Hall–Kier alpha value is -3.56. The number of ether oxygens (including phenoxy) is 1. The van der Waals surface area contributed by atoms with E-state index in [9.17, 15) is 27.6 Å². The number of amides is 4. The van der Waals surface area contributed by atoms with Crippen LogP contribution < -0.4 is 15.4 Å². The lowest BCUT2D eigenvalue weighted by molar-refractivity contribution is -0.274. The Bertz CT molecular complexity index is 1010. The number of nitrogens with zero attached hydrogens (tertiary/aromatic N) is 1. The lowest BCUT2D eigenvalue weighted by Crippen LogP contribution is -2.43. The van der Waals surface area contributed by atoms with Crippen LogP contribution >= 0.6 is 0 Å². The van der Waals surface area contributed by atoms with Gasteiger partial charge in [-0.15, -0.1) is 13.2 Å². The summed E-state index contributed by atoms with van der Waals surface area (Å²) in [4.78, 5) is 39.0. The zero-order valence-electron chi connectivity index (χ0n) is 18.1. The Balaban J connectivity index is 1.71. The number of halogens is 3. The van der Waals surface area contributed by atoms with Gasteiger partial charge in [-0.05, 0) is 36.6 Å². The van der Waals surface area contributed by atoms with E-state index in [1.165, 1.54) is 19.1 Å². The van der Waals surface area contributed by atoms with Crippen LogP contribution in [-0.4, -0.2) is 35.7 Å². The fraction of sp³-hybridized carbons (Fsp3) is 0.348. The number of carbonyl (C=O) groups excluding carboxylic acids is 3. The van der Waals surface area contributed by atoms with Gasteiger partial charge in [0, 0.05) is 0 Å². The van der Waals surface area contributed by atoms with Gasteiger partial charge in [0.15, 0.2) is 0 Å². The molecule has 0 aromatic heterocycles. The van der Waals surface area contributed by atoms with E-state index >= 15 is 0 Å². The van der Waals surface area contributed by atoms with Crippen molar-refractivity contribution in [2.45, 2.75) is 44.6 Å². The van der Waals surface area contributed by atoms with Gasteiger partial charge in [-0.2, -0.15) is 0 Å². The molecule has 0 spiro atoms. The number of carbonyl (C=O) groups is 3. The monoisotopic (exact) mass is 463 g/mol. The van der Waals surface area contributed by atoms with E-state index in [1.54, 1.807) is 0 Å². The summed E-state index contributed by atoms with van der Waals surface area (Å²) in [5.41, 5.74) is -0.363. The maximum atomic E-state index is 13.0. The number of urea groups is 1. The lowest BCUT2D eigenvalue weighted by atomic mass is 9.92. The average Bonchev–Trinajstić information content (AvgIpc) is 2.97. The van der Waals surface area contributed by atoms with E-state index in [-0.39, 0.29) is 11.6 Å². The molecule has 1 aliphatic heterocycles. The fourth-order valence-corrected chi connectivity index (χ4v) is 3.71. The Morgan fingerprint density at radius 1 is 1.12 bits per heavy atom. The van der Waals surface area contributed by atoms with E-state index < -0.39 is 42.0 Å². The van der Waals surface area contributed by atoms with Crippen molar-refractivity contribution in [1.82, 2.24) is 15.5 Å². The fourth-order valence-electron chi connectivity index (χ4n) is 3.71. The smallest absolute Gasteiger partial charge is 0.406 e.